The fraction of sp³-hybridized carbons (Fsp3) is 0.368. The van der Waals surface area contributed by atoms with Gasteiger partial charge in [-0.25, -0.2) is 0 Å². The number of hydrogen-bond donors (Lipinski definition) is 3. The second kappa shape index (κ2) is 5.69. The maximum absolute atomic E-state index is 10.4. The van der Waals surface area contributed by atoms with Gasteiger partial charge in [0.2, 0.25) is 6.79 Å². The summed E-state index contributed by atoms with van der Waals surface area (Å²) >= 11 is 0. The second-order valence-corrected chi connectivity index (χ2v) is 6.85. The molecule has 7 nitrogen and oxygen atoms in total. The van der Waals surface area contributed by atoms with Crippen LogP contribution in [0.25, 0.3) is 0 Å². The first-order chi connectivity index (χ1) is 12.6. The molecule has 2 saturated heterocycles. The number of benzene rings is 2. The van der Waals surface area contributed by atoms with Gasteiger partial charge in [-0.3, -0.25) is 0 Å². The molecule has 0 radical (unpaired) electrons. The average Bonchev–Trinajstić information content (AvgIpc) is 3.32. The van der Waals surface area contributed by atoms with E-state index < -0.39 is 0 Å². The molecular weight excluding hydrogens is 340 g/mol. The van der Waals surface area contributed by atoms with Gasteiger partial charge >= 0.3 is 0 Å². The van der Waals surface area contributed by atoms with Crippen LogP contribution in [0.15, 0.2) is 30.3 Å². The van der Waals surface area contributed by atoms with Crippen molar-refractivity contribution in [2.24, 2.45) is 11.8 Å². The lowest BCUT2D eigenvalue weighted by Gasteiger charge is -2.18. The molecule has 2 fully saturated rings. The molecule has 0 aromatic heterocycles. The molecule has 0 aliphatic carbocycles. The Morgan fingerprint density at radius 1 is 0.731 bits per heavy atom. The molecule has 0 bridgehead atoms. The van der Waals surface area contributed by atoms with Crippen molar-refractivity contribution >= 4 is 0 Å². The van der Waals surface area contributed by atoms with Crippen molar-refractivity contribution in [1.82, 2.24) is 0 Å². The van der Waals surface area contributed by atoms with Gasteiger partial charge in [0, 0.05) is 23.5 Å². The van der Waals surface area contributed by atoms with E-state index >= 15 is 0 Å². The SMILES string of the molecule is Oc1ccc(C2OC[C@@H]3[C@@H](c4cc5c(cc4O)OCO5)OC[C@H]23)cc1O. The van der Waals surface area contributed by atoms with Crippen molar-refractivity contribution in [3.8, 4) is 28.7 Å². The minimum Gasteiger partial charge on any atom is -0.507 e. The van der Waals surface area contributed by atoms with E-state index in [0.717, 1.165) is 5.56 Å². The van der Waals surface area contributed by atoms with Gasteiger partial charge in [-0.1, -0.05) is 6.07 Å². The van der Waals surface area contributed by atoms with E-state index in [1.54, 1.807) is 18.2 Å². The van der Waals surface area contributed by atoms with Crippen LogP contribution in [0.5, 0.6) is 28.7 Å². The first kappa shape index (κ1) is 15.6. The number of hydrogen-bond acceptors (Lipinski definition) is 7. The molecule has 0 spiro atoms. The highest BCUT2D eigenvalue weighted by atomic mass is 16.7. The summed E-state index contributed by atoms with van der Waals surface area (Å²) in [6.45, 7) is 1.11. The fourth-order valence-corrected chi connectivity index (χ4v) is 4.10. The van der Waals surface area contributed by atoms with Crippen molar-refractivity contribution < 1.29 is 34.3 Å². The molecule has 7 heteroatoms. The van der Waals surface area contributed by atoms with E-state index in [2.05, 4.69) is 0 Å². The Balaban J connectivity index is 1.43. The van der Waals surface area contributed by atoms with Crippen LogP contribution in [0.1, 0.15) is 23.3 Å². The van der Waals surface area contributed by atoms with E-state index in [9.17, 15) is 15.3 Å². The van der Waals surface area contributed by atoms with Gasteiger partial charge < -0.3 is 34.3 Å². The van der Waals surface area contributed by atoms with Crippen LogP contribution in [-0.2, 0) is 9.47 Å². The summed E-state index contributed by atoms with van der Waals surface area (Å²) in [4.78, 5) is 0. The van der Waals surface area contributed by atoms with Crippen molar-refractivity contribution in [3.63, 3.8) is 0 Å². The molecule has 0 amide bonds. The van der Waals surface area contributed by atoms with Crippen LogP contribution in [0.3, 0.4) is 0 Å². The van der Waals surface area contributed by atoms with Crippen molar-refractivity contribution in [1.29, 1.82) is 0 Å². The quantitative estimate of drug-likeness (QED) is 0.710. The van der Waals surface area contributed by atoms with Gasteiger partial charge in [0.05, 0.1) is 25.4 Å². The standard InChI is InChI=1S/C19H18O7/c20-13-2-1-9(3-15(13)22)18-11-6-24-19(12(11)7-23-18)10-4-16-17(5-14(10)21)26-8-25-16/h1-5,11-12,18-22H,6-8H2/t11-,12-,18?,19+/m0/s1. The molecule has 3 aliphatic rings. The Morgan fingerprint density at radius 3 is 2.19 bits per heavy atom. The van der Waals surface area contributed by atoms with Crippen LogP contribution >= 0.6 is 0 Å². The summed E-state index contributed by atoms with van der Waals surface area (Å²) in [7, 11) is 0. The Hall–Kier alpha value is -2.64. The highest BCUT2D eigenvalue weighted by Gasteiger charge is 2.49. The van der Waals surface area contributed by atoms with Crippen molar-refractivity contribution in [2.45, 2.75) is 12.2 Å². The number of phenols is 3. The normalized spacial score (nSPS) is 29.1. The molecule has 3 heterocycles. The summed E-state index contributed by atoms with van der Waals surface area (Å²) in [5.41, 5.74) is 1.46. The first-order valence-corrected chi connectivity index (χ1v) is 8.49. The highest BCUT2D eigenvalue weighted by molar-refractivity contribution is 5.52. The lowest BCUT2D eigenvalue weighted by molar-refractivity contribution is 0.0184. The molecule has 1 unspecified atom stereocenters. The van der Waals surface area contributed by atoms with E-state index in [0.29, 0.717) is 30.3 Å². The molecule has 0 saturated carbocycles. The highest BCUT2D eigenvalue weighted by Crippen LogP contribution is 2.53. The number of rotatable bonds is 2. The summed E-state index contributed by atoms with van der Waals surface area (Å²) in [6.07, 6.45) is -0.530. The number of phenolic OH excluding ortho intramolecular Hbond substituents is 3. The fourth-order valence-electron chi connectivity index (χ4n) is 4.10. The number of aromatic hydroxyl groups is 3. The van der Waals surface area contributed by atoms with Crippen LogP contribution in [0.4, 0.5) is 0 Å². The van der Waals surface area contributed by atoms with Crippen LogP contribution in [0.2, 0.25) is 0 Å². The predicted molar refractivity (Wildman–Crippen MR) is 88.4 cm³/mol. The molecule has 2 aromatic rings. The summed E-state index contributed by atoms with van der Waals surface area (Å²) < 4.78 is 22.7. The van der Waals surface area contributed by atoms with Gasteiger partial charge in [-0.2, -0.15) is 0 Å². The zero-order valence-electron chi connectivity index (χ0n) is 13.8. The lowest BCUT2D eigenvalue weighted by Crippen LogP contribution is -2.14. The second-order valence-electron chi connectivity index (χ2n) is 6.85. The van der Waals surface area contributed by atoms with E-state index in [1.807, 2.05) is 0 Å². The topological polar surface area (TPSA) is 97.6 Å². The zero-order chi connectivity index (χ0) is 17.8. The molecule has 136 valence electrons. The van der Waals surface area contributed by atoms with Gasteiger partial charge in [-0.05, 0) is 23.8 Å². The summed E-state index contributed by atoms with van der Waals surface area (Å²) in [6, 6.07) is 8.05. The third-order valence-corrected chi connectivity index (χ3v) is 5.42. The Morgan fingerprint density at radius 2 is 1.42 bits per heavy atom. The minimum absolute atomic E-state index is 0.0715. The molecule has 26 heavy (non-hydrogen) atoms. The Labute approximate surface area is 149 Å². The molecule has 3 N–H and O–H groups in total. The van der Waals surface area contributed by atoms with Gasteiger partial charge in [0.25, 0.3) is 0 Å². The molecule has 4 atom stereocenters. The van der Waals surface area contributed by atoms with Gasteiger partial charge in [-0.15, -0.1) is 0 Å². The number of fused-ring (bicyclic) bond motifs is 2. The van der Waals surface area contributed by atoms with E-state index in [-0.39, 0.29) is 48.1 Å². The maximum Gasteiger partial charge on any atom is 0.231 e. The van der Waals surface area contributed by atoms with Crippen LogP contribution in [-0.4, -0.2) is 35.3 Å². The smallest absolute Gasteiger partial charge is 0.231 e. The third-order valence-electron chi connectivity index (χ3n) is 5.42. The monoisotopic (exact) mass is 358 g/mol. The van der Waals surface area contributed by atoms with Crippen molar-refractivity contribution in [3.05, 3.63) is 41.5 Å². The average molecular weight is 358 g/mol. The molecule has 3 aliphatic heterocycles. The van der Waals surface area contributed by atoms with Crippen molar-refractivity contribution in [2.75, 3.05) is 20.0 Å². The van der Waals surface area contributed by atoms with Crippen LogP contribution in [0, 0.1) is 11.8 Å². The van der Waals surface area contributed by atoms with E-state index in [4.69, 9.17) is 18.9 Å². The van der Waals surface area contributed by atoms with Gasteiger partial charge in [0.1, 0.15) is 5.75 Å². The number of ether oxygens (including phenoxy) is 4. The maximum atomic E-state index is 10.4. The Bertz CT molecular complexity index is 865. The predicted octanol–water partition coefficient (Wildman–Crippen LogP) is 2.61. The van der Waals surface area contributed by atoms with Gasteiger partial charge in [0.15, 0.2) is 23.0 Å². The first-order valence-electron chi connectivity index (χ1n) is 8.49. The Kier molecular flexibility index (Phi) is 3.41. The molecule has 2 aromatic carbocycles. The summed E-state index contributed by atoms with van der Waals surface area (Å²) in [5.74, 6) is 1.08. The lowest BCUT2D eigenvalue weighted by atomic mass is 9.84. The largest absolute Gasteiger partial charge is 0.507 e. The molecular formula is C19H18O7. The molecule has 5 rings (SSSR count). The van der Waals surface area contributed by atoms with E-state index in [1.165, 1.54) is 12.1 Å². The zero-order valence-corrected chi connectivity index (χ0v) is 13.8. The summed E-state index contributed by atoms with van der Waals surface area (Å²) in [5, 5.41) is 29.7. The van der Waals surface area contributed by atoms with Crippen LogP contribution < -0.4 is 9.47 Å². The third kappa shape index (κ3) is 2.28. The minimum atomic E-state index is -0.301.